The van der Waals surface area contributed by atoms with E-state index < -0.39 is 0 Å². The molecule has 104 valence electrons. The zero-order valence-corrected chi connectivity index (χ0v) is 11.3. The van der Waals surface area contributed by atoms with Crippen molar-refractivity contribution in [2.75, 3.05) is 17.6 Å². The monoisotopic (exact) mass is 261 g/mol. The van der Waals surface area contributed by atoms with E-state index in [2.05, 4.69) is 10.6 Å². The molecule has 4 heteroatoms. The topological polar surface area (TPSA) is 67.1 Å². The van der Waals surface area contributed by atoms with Crippen molar-refractivity contribution in [1.29, 1.82) is 0 Å². The van der Waals surface area contributed by atoms with Crippen LogP contribution in [0.25, 0.3) is 0 Å². The zero-order chi connectivity index (χ0) is 13.5. The van der Waals surface area contributed by atoms with Crippen molar-refractivity contribution < 1.29 is 4.79 Å². The second kappa shape index (κ2) is 7.02. The van der Waals surface area contributed by atoms with E-state index in [4.69, 9.17) is 5.73 Å². The standard InChI is InChI=1S/C15H23N3O/c16-13-8-3-9-14(11-13)18-15(19)17-10-4-7-12-5-1-2-6-12/h3,8-9,11-12H,1-2,4-7,10,16H2,(H2,17,18,19). The number of rotatable bonds is 5. The first-order chi connectivity index (χ1) is 9.24. The lowest BCUT2D eigenvalue weighted by atomic mass is 10.0. The van der Waals surface area contributed by atoms with Gasteiger partial charge in [-0.1, -0.05) is 31.7 Å². The highest BCUT2D eigenvalue weighted by Gasteiger charge is 2.14. The fourth-order valence-electron chi connectivity index (χ4n) is 2.68. The summed E-state index contributed by atoms with van der Waals surface area (Å²) in [5, 5.41) is 5.66. The Kier molecular flexibility index (Phi) is 5.07. The average molecular weight is 261 g/mol. The Balaban J connectivity index is 1.61. The lowest BCUT2D eigenvalue weighted by Gasteiger charge is -2.10. The molecule has 1 aliphatic carbocycles. The highest BCUT2D eigenvalue weighted by molar-refractivity contribution is 5.89. The molecule has 1 fully saturated rings. The van der Waals surface area contributed by atoms with E-state index in [9.17, 15) is 4.79 Å². The Hall–Kier alpha value is -1.71. The van der Waals surface area contributed by atoms with Crippen LogP contribution in [0.3, 0.4) is 0 Å². The minimum atomic E-state index is -0.156. The van der Waals surface area contributed by atoms with Gasteiger partial charge in [0.15, 0.2) is 0 Å². The van der Waals surface area contributed by atoms with Gasteiger partial charge in [-0.25, -0.2) is 4.79 Å². The number of carbonyl (C=O) groups is 1. The summed E-state index contributed by atoms with van der Waals surface area (Å²) in [5.74, 6) is 0.888. The van der Waals surface area contributed by atoms with Crippen LogP contribution in [0.1, 0.15) is 38.5 Å². The number of carbonyl (C=O) groups excluding carboxylic acids is 1. The van der Waals surface area contributed by atoms with Crippen LogP contribution in [0.5, 0.6) is 0 Å². The molecule has 1 saturated carbocycles. The summed E-state index contributed by atoms with van der Waals surface area (Å²) in [5.41, 5.74) is 7.04. The van der Waals surface area contributed by atoms with Crippen molar-refractivity contribution in [3.05, 3.63) is 24.3 Å². The van der Waals surface area contributed by atoms with Crippen LogP contribution in [-0.4, -0.2) is 12.6 Å². The molecule has 1 aromatic rings. The van der Waals surface area contributed by atoms with Gasteiger partial charge in [-0.15, -0.1) is 0 Å². The van der Waals surface area contributed by atoms with Gasteiger partial charge in [0.25, 0.3) is 0 Å². The molecule has 0 saturated heterocycles. The molecule has 2 rings (SSSR count). The van der Waals surface area contributed by atoms with Gasteiger partial charge in [0, 0.05) is 17.9 Å². The van der Waals surface area contributed by atoms with Gasteiger partial charge in [0.1, 0.15) is 0 Å². The van der Waals surface area contributed by atoms with Crippen molar-refractivity contribution in [3.63, 3.8) is 0 Å². The molecule has 2 amide bonds. The van der Waals surface area contributed by atoms with Crippen LogP contribution in [0, 0.1) is 5.92 Å². The van der Waals surface area contributed by atoms with Gasteiger partial charge in [-0.05, 0) is 37.0 Å². The molecule has 0 spiro atoms. The second-order valence-electron chi connectivity index (χ2n) is 5.30. The molecule has 19 heavy (non-hydrogen) atoms. The van der Waals surface area contributed by atoms with E-state index in [0.717, 1.165) is 24.6 Å². The number of nitrogens with one attached hydrogen (secondary N) is 2. The predicted octanol–water partition coefficient (Wildman–Crippen LogP) is 3.36. The SMILES string of the molecule is Nc1cccc(NC(=O)NCCCC2CCCC2)c1. The molecule has 4 N–H and O–H groups in total. The predicted molar refractivity (Wildman–Crippen MR) is 79.1 cm³/mol. The maximum Gasteiger partial charge on any atom is 0.319 e. The van der Waals surface area contributed by atoms with Crippen molar-refractivity contribution >= 4 is 17.4 Å². The molecular formula is C15H23N3O. The smallest absolute Gasteiger partial charge is 0.319 e. The van der Waals surface area contributed by atoms with E-state index in [0.29, 0.717) is 5.69 Å². The van der Waals surface area contributed by atoms with Crippen molar-refractivity contribution in [1.82, 2.24) is 5.32 Å². The first-order valence-electron chi connectivity index (χ1n) is 7.14. The van der Waals surface area contributed by atoms with Crippen molar-refractivity contribution in [2.45, 2.75) is 38.5 Å². The van der Waals surface area contributed by atoms with E-state index >= 15 is 0 Å². The van der Waals surface area contributed by atoms with Gasteiger partial charge in [0.2, 0.25) is 0 Å². The maximum atomic E-state index is 11.7. The molecule has 0 bridgehead atoms. The third-order valence-electron chi connectivity index (χ3n) is 3.69. The lowest BCUT2D eigenvalue weighted by molar-refractivity contribution is 0.251. The molecular weight excluding hydrogens is 238 g/mol. The number of urea groups is 1. The third-order valence-corrected chi connectivity index (χ3v) is 3.69. The fourth-order valence-corrected chi connectivity index (χ4v) is 2.68. The molecule has 1 aromatic carbocycles. The Bertz CT molecular complexity index is 414. The normalized spacial score (nSPS) is 15.4. The van der Waals surface area contributed by atoms with Gasteiger partial charge >= 0.3 is 6.03 Å². The van der Waals surface area contributed by atoms with E-state index in [1.54, 1.807) is 12.1 Å². The number of hydrogen-bond acceptors (Lipinski definition) is 2. The Morgan fingerprint density at radius 3 is 2.84 bits per heavy atom. The number of nitrogens with two attached hydrogens (primary N) is 1. The minimum Gasteiger partial charge on any atom is -0.399 e. The minimum absolute atomic E-state index is 0.156. The number of nitrogen functional groups attached to an aromatic ring is 1. The molecule has 0 heterocycles. The summed E-state index contributed by atoms with van der Waals surface area (Å²) < 4.78 is 0. The lowest BCUT2D eigenvalue weighted by Crippen LogP contribution is -2.29. The van der Waals surface area contributed by atoms with E-state index in [-0.39, 0.29) is 6.03 Å². The largest absolute Gasteiger partial charge is 0.399 e. The van der Waals surface area contributed by atoms with Crippen LogP contribution in [0.2, 0.25) is 0 Å². The van der Waals surface area contributed by atoms with Crippen molar-refractivity contribution in [3.8, 4) is 0 Å². The number of anilines is 2. The Morgan fingerprint density at radius 2 is 2.11 bits per heavy atom. The molecule has 0 radical (unpaired) electrons. The summed E-state index contributed by atoms with van der Waals surface area (Å²) >= 11 is 0. The molecule has 4 nitrogen and oxygen atoms in total. The van der Waals surface area contributed by atoms with Crippen LogP contribution < -0.4 is 16.4 Å². The average Bonchev–Trinajstić information content (AvgIpc) is 2.88. The highest BCUT2D eigenvalue weighted by atomic mass is 16.2. The summed E-state index contributed by atoms with van der Waals surface area (Å²) in [6.45, 7) is 0.741. The zero-order valence-electron chi connectivity index (χ0n) is 11.3. The first-order valence-corrected chi connectivity index (χ1v) is 7.14. The van der Waals surface area contributed by atoms with Gasteiger partial charge < -0.3 is 16.4 Å². The highest BCUT2D eigenvalue weighted by Crippen LogP contribution is 2.28. The number of benzene rings is 1. The summed E-state index contributed by atoms with van der Waals surface area (Å²) in [6, 6.07) is 7.04. The molecule has 1 aliphatic rings. The number of hydrogen-bond donors (Lipinski definition) is 3. The summed E-state index contributed by atoms with van der Waals surface area (Å²) in [4.78, 5) is 11.7. The van der Waals surface area contributed by atoms with Crippen LogP contribution in [0.15, 0.2) is 24.3 Å². The Labute approximate surface area is 114 Å². The van der Waals surface area contributed by atoms with Crippen LogP contribution >= 0.6 is 0 Å². The quantitative estimate of drug-likeness (QED) is 0.562. The molecule has 0 aliphatic heterocycles. The van der Waals surface area contributed by atoms with E-state index in [1.807, 2.05) is 12.1 Å². The van der Waals surface area contributed by atoms with E-state index in [1.165, 1.54) is 32.1 Å². The summed E-state index contributed by atoms with van der Waals surface area (Å²) in [6.07, 6.45) is 7.81. The second-order valence-corrected chi connectivity index (χ2v) is 5.30. The molecule has 0 unspecified atom stereocenters. The maximum absolute atomic E-state index is 11.7. The third kappa shape index (κ3) is 4.81. The first kappa shape index (κ1) is 13.7. The Morgan fingerprint density at radius 1 is 1.32 bits per heavy atom. The molecule has 0 aromatic heterocycles. The van der Waals surface area contributed by atoms with Gasteiger partial charge in [-0.2, -0.15) is 0 Å². The molecule has 0 atom stereocenters. The number of amides is 2. The van der Waals surface area contributed by atoms with Crippen LogP contribution in [-0.2, 0) is 0 Å². The fraction of sp³-hybridized carbons (Fsp3) is 0.533. The van der Waals surface area contributed by atoms with Gasteiger partial charge in [-0.3, -0.25) is 0 Å². The van der Waals surface area contributed by atoms with Crippen molar-refractivity contribution in [2.24, 2.45) is 5.92 Å². The summed E-state index contributed by atoms with van der Waals surface area (Å²) in [7, 11) is 0. The van der Waals surface area contributed by atoms with Gasteiger partial charge in [0.05, 0.1) is 0 Å². The van der Waals surface area contributed by atoms with Crippen LogP contribution in [0.4, 0.5) is 16.2 Å².